The van der Waals surface area contributed by atoms with Gasteiger partial charge in [-0.05, 0) is 207 Å². The number of ketones is 1. The molecule has 0 aromatic heterocycles. The van der Waals surface area contributed by atoms with Crippen LogP contribution in [0.15, 0.2) is 11.6 Å². The van der Waals surface area contributed by atoms with Crippen LogP contribution in [0.25, 0.3) is 0 Å². The first-order chi connectivity index (χ1) is 48.0. The smallest absolute Gasteiger partial charge is 1.00 e. The van der Waals surface area contributed by atoms with Crippen molar-refractivity contribution in [1.29, 1.82) is 0 Å². The molecule has 1 unspecified atom stereocenters. The molecule has 45 heteroatoms. The molecule has 0 bridgehead atoms. The molecule has 8 aliphatic heterocycles. The van der Waals surface area contributed by atoms with Crippen molar-refractivity contribution in [1.82, 2.24) is 0 Å². The van der Waals surface area contributed by atoms with Crippen molar-refractivity contribution < 1.29 is 232 Å². The number of esters is 3. The Balaban J connectivity index is -0.0000000800. The zero-order chi connectivity index (χ0) is 77.8. The molecular weight excluding hydrogens is 1910 g/mol. The van der Waals surface area contributed by atoms with Crippen molar-refractivity contribution in [2.24, 2.45) is 29.6 Å². The van der Waals surface area contributed by atoms with Crippen molar-refractivity contribution in [3.8, 4) is 0 Å². The van der Waals surface area contributed by atoms with E-state index in [-0.39, 0.29) is 212 Å². The number of carbonyl (C=O) groups excluding carboxylic acids is 4. The maximum absolute atomic E-state index is 11.4. The number of allylic oxidation sites excluding steroid dienone is 1. The molecule has 0 spiro atoms. The quantitative estimate of drug-likeness (QED) is 0.0176. The van der Waals surface area contributed by atoms with Crippen LogP contribution in [0.1, 0.15) is 186 Å². The van der Waals surface area contributed by atoms with E-state index >= 15 is 0 Å². The Hall–Kier alpha value is 5.12. The van der Waals surface area contributed by atoms with Crippen LogP contribution < -0.4 is 114 Å². The largest absolute Gasteiger partial charge is 1.00 e. The van der Waals surface area contributed by atoms with Crippen LogP contribution in [0.2, 0.25) is 0 Å². The average molecular weight is 2060 g/mol. The maximum atomic E-state index is 11.4. The summed E-state index contributed by atoms with van der Waals surface area (Å²) in [5.41, 5.74) is 1.24. The van der Waals surface area contributed by atoms with Crippen LogP contribution in [-0.4, -0.2) is 272 Å². The molecule has 1 atom stereocenters. The van der Waals surface area contributed by atoms with Gasteiger partial charge in [0.2, 0.25) is 16.4 Å². The number of hydrogen-bond donors (Lipinski definition) is 2. The van der Waals surface area contributed by atoms with Crippen LogP contribution in [0.3, 0.4) is 0 Å². The van der Waals surface area contributed by atoms with Crippen molar-refractivity contribution >= 4 is 200 Å². The molecule has 8 saturated heterocycles. The first-order valence-corrected chi connectivity index (χ1v) is 55.4. The minimum atomic E-state index is -3.37. The molecule has 0 saturated carbocycles. The zero-order valence-corrected chi connectivity index (χ0v) is 84.0. The third kappa shape index (κ3) is 104. The molecule has 8 aliphatic rings. The molecule has 0 aromatic rings. The summed E-state index contributed by atoms with van der Waals surface area (Å²) in [5.74, 6) is 13.9. The second kappa shape index (κ2) is 92.3. The van der Waals surface area contributed by atoms with Gasteiger partial charge in [0.25, 0.3) is 10.1 Å². The monoisotopic (exact) mass is 2050 g/mol. The molecule has 0 amide bonds. The number of hydrogen-bond acceptors (Lipinski definition) is 27. The minimum Gasteiger partial charge on any atom is -1.00 e. The Morgan fingerprint density at radius 3 is 1.21 bits per heavy atom. The molecule has 0 radical (unpaired) electrons. The van der Waals surface area contributed by atoms with Gasteiger partial charge >= 0.3 is 148 Å². The summed E-state index contributed by atoms with van der Waals surface area (Å²) < 4.78 is 146. The number of carbonyl (C=O) groups is 4. The number of sulfone groups is 3. The SMILES string of the molecule is C.C.C.C1CCOC1.CCOC(=O)C=C1CCSCC1.CCOC(=O)CC1CCSCC1.CCOC(=O)CP(C)(=O)OCC.CS(=O)(=O)Cl.CS(=O)(=O)OCCC1CCS(=O)(=O)CC1.O=C1CCSCC1.O=S1(=O)CCC(CCBr)CC1.O=S1(=O)CCC(CCO)CC1.OCCC1CCSCC1.[AlH4-].[BH4-].[Br-].[Cl][Ni][Cl].[H-].[Li+].[Li+].[Na+].[Na+]. The van der Waals surface area contributed by atoms with Gasteiger partial charge in [-0.15, -0.1) is 0 Å². The minimum absolute atomic E-state index is 0. The second-order valence-electron chi connectivity index (χ2n) is 24.5. The number of alkyl halides is 1. The zero-order valence-electron chi connectivity index (χ0n) is 66.3. The summed E-state index contributed by atoms with van der Waals surface area (Å²) in [5, 5.41) is 18.2. The predicted molar refractivity (Wildman–Crippen MR) is 469 cm³/mol. The number of thioether (sulfide) groups is 4. The predicted octanol–water partition coefficient (Wildman–Crippen LogP) is -3.36. The van der Waals surface area contributed by atoms with E-state index in [1.54, 1.807) is 19.9 Å². The fourth-order valence-electron chi connectivity index (χ4n) is 10.0. The molecule has 0 aliphatic carbocycles. The van der Waals surface area contributed by atoms with E-state index in [0.717, 1.165) is 131 Å². The molecule has 8 heterocycles. The van der Waals surface area contributed by atoms with Gasteiger partial charge in [-0.2, -0.15) is 55.5 Å². The van der Waals surface area contributed by atoms with Crippen molar-refractivity contribution in [2.45, 2.75) is 185 Å². The standard InChI is InChI=1S/C9H16O2S.C9H14O2S.C8H16O5S2.C7H13BrO2S.C7H15O4P.C7H14O3S.C7H14OS.C5H8OS.C4H8O.CH3ClO2S.3CH4.Al.BH4.BrH.2ClH.2Li.2Na.Ni.5H/c2*1-2-11-9(10)7-8-3-5-12-6-4-8;1-14(9,10)13-5-2-8-3-6-15(11,12)7-4-8;8-4-1-7-2-5-11(9,10)6-3-7;1-4-10-7(8)6-12(3,9)11-5-2;8-4-1-7-2-5-11(9,10)6-3-7;8-4-1-7-2-5-9-6-3-7;6-5-1-3-7-4-2-5;1-2-4-5-3-1;1-5(2,3)4;;;;;;;;;;;;;;;;;;/h8H,2-7H2,1H3;7H,2-6H2,1H3;8H,2-7H2,1H3;7H,1-6H2;4-6H2,1-3H3;7-8H,1-6H2;7-8H,1-6H2;1-4H2;1-4H2;1H3;3*1H4;;1H4;3*1H;;;;;;;;;;/q;;;;;;;;;;;;;2*-1;;;;4*+1;+2;;;;;-1/p-3. The van der Waals surface area contributed by atoms with Gasteiger partial charge in [0.05, 0.1) is 80.1 Å². The summed E-state index contributed by atoms with van der Waals surface area (Å²) in [4.78, 5) is 43.4. The van der Waals surface area contributed by atoms with E-state index in [9.17, 15) is 65.8 Å². The molecule has 23 nitrogen and oxygen atoms in total. The first kappa shape index (κ1) is 146. The number of aliphatic hydroxyl groups excluding tert-OH is 2. The Morgan fingerprint density at radius 1 is 0.589 bits per heavy atom. The number of halogens is 5. The Labute approximate surface area is 817 Å². The summed E-state index contributed by atoms with van der Waals surface area (Å²) >= 11 is 11.8. The molecule has 662 valence electrons. The topological polar surface area (TPSA) is 352 Å². The number of Topliss-reactive ketones (excluding diaryl/α,β-unsaturated/α-hetero) is 1. The Morgan fingerprint density at radius 2 is 0.911 bits per heavy atom. The van der Waals surface area contributed by atoms with Gasteiger partial charge in [-0.3, -0.25) is 23.1 Å². The van der Waals surface area contributed by atoms with Gasteiger partial charge in [-0.1, -0.05) is 52.2 Å². The fourth-order valence-corrected chi connectivity index (χ4v) is 21.4. The third-order valence-electron chi connectivity index (χ3n) is 15.6. The number of ether oxygens (including phenoxy) is 4. The normalized spacial score (nSPS) is 18.5. The van der Waals surface area contributed by atoms with E-state index in [4.69, 9.17) is 49.3 Å². The molecule has 0 aromatic carbocycles. The maximum Gasteiger partial charge on any atom is 1.00 e. The summed E-state index contributed by atoms with van der Waals surface area (Å²) in [7, 11) is -3.60. The van der Waals surface area contributed by atoms with Gasteiger partial charge < -0.3 is 52.1 Å². The van der Waals surface area contributed by atoms with E-state index in [0.29, 0.717) is 118 Å². The van der Waals surface area contributed by atoms with Crippen LogP contribution >= 0.6 is 101 Å². The van der Waals surface area contributed by atoms with Crippen LogP contribution in [-0.2, 0) is 113 Å². The van der Waals surface area contributed by atoms with Crippen molar-refractivity contribution in [3.63, 3.8) is 0 Å². The van der Waals surface area contributed by atoms with E-state index in [1.807, 2.05) is 60.9 Å². The summed E-state index contributed by atoms with van der Waals surface area (Å²) in [6.07, 6.45) is 23.4. The Bertz CT molecular complexity index is 2780. The van der Waals surface area contributed by atoms with Crippen LogP contribution in [0.4, 0.5) is 0 Å². The van der Waals surface area contributed by atoms with Gasteiger partial charge in [0, 0.05) is 103 Å². The molecule has 8 rings (SSSR count). The van der Waals surface area contributed by atoms with E-state index in [2.05, 4.69) is 35.5 Å². The molecule has 2 N–H and O–H groups in total. The molecule has 8 fully saturated rings. The fraction of sp³-hybridized carbons (Fsp3) is 0.910. The third-order valence-corrected chi connectivity index (χ3v) is 27.5. The van der Waals surface area contributed by atoms with E-state index < -0.39 is 62.0 Å². The van der Waals surface area contributed by atoms with Crippen LogP contribution in [0.5, 0.6) is 0 Å². The number of rotatable bonds is 20. The summed E-state index contributed by atoms with van der Waals surface area (Å²) in [6.45, 7) is 12.9. The second-order valence-corrected chi connectivity index (χ2v) is 46.0. The van der Waals surface area contributed by atoms with Gasteiger partial charge in [-0.25, -0.2) is 38.5 Å². The van der Waals surface area contributed by atoms with E-state index in [1.165, 1.54) is 73.8 Å². The van der Waals surface area contributed by atoms with Crippen LogP contribution in [0, 0.1) is 29.6 Å². The number of aliphatic hydroxyl groups is 2. The Kier molecular flexibility index (Phi) is 120. The summed E-state index contributed by atoms with van der Waals surface area (Å²) in [6, 6.07) is 0. The first-order valence-electron chi connectivity index (χ1n) is 34.7. The van der Waals surface area contributed by atoms with Crippen molar-refractivity contribution in [2.75, 3.05) is 171 Å². The average Bonchev–Trinajstić information content (AvgIpc) is 1.76. The van der Waals surface area contributed by atoms with Gasteiger partial charge in [0.1, 0.15) is 41.5 Å². The van der Waals surface area contributed by atoms with Gasteiger partial charge in [0.15, 0.2) is 0 Å². The molecular formula is C67H142AlBBr2Cl3Li2Na2NiO23PS9. The molecule has 112 heavy (non-hydrogen) atoms. The van der Waals surface area contributed by atoms with Crippen molar-refractivity contribution in [3.05, 3.63) is 11.6 Å².